The first-order valence-electron chi connectivity index (χ1n) is 8.84. The maximum atomic E-state index is 12.8. The van der Waals surface area contributed by atoms with E-state index in [0.29, 0.717) is 34.3 Å². The van der Waals surface area contributed by atoms with Crippen molar-refractivity contribution < 1.29 is 9.59 Å². The van der Waals surface area contributed by atoms with Crippen molar-refractivity contribution >= 4 is 46.4 Å². The number of rotatable bonds is 6. The van der Waals surface area contributed by atoms with Gasteiger partial charge in [0.05, 0.1) is 23.1 Å². The van der Waals surface area contributed by atoms with Crippen molar-refractivity contribution in [1.29, 1.82) is 0 Å². The Kier molecular flexibility index (Phi) is 6.59. The molecule has 0 aliphatic carbocycles. The molecule has 0 radical (unpaired) electrons. The van der Waals surface area contributed by atoms with Gasteiger partial charge in [-0.05, 0) is 43.3 Å². The molecular weight excluding hydrogens is 392 g/mol. The number of benzene rings is 1. The Morgan fingerprint density at radius 3 is 2.52 bits per heavy atom. The first kappa shape index (κ1) is 20.1. The maximum Gasteiger partial charge on any atom is 0.320 e. The Bertz CT molecular complexity index is 996. The topological polar surface area (TPSA) is 108 Å². The second-order valence-electron chi connectivity index (χ2n) is 5.93. The summed E-state index contributed by atoms with van der Waals surface area (Å²) in [7, 11) is 0. The number of amides is 3. The highest BCUT2D eigenvalue weighted by Crippen LogP contribution is 2.25. The van der Waals surface area contributed by atoms with E-state index in [1.165, 1.54) is 6.20 Å². The first-order valence-corrected chi connectivity index (χ1v) is 9.22. The van der Waals surface area contributed by atoms with Crippen LogP contribution >= 0.6 is 11.6 Å². The maximum absolute atomic E-state index is 12.8. The zero-order chi connectivity index (χ0) is 20.6. The molecule has 0 spiro atoms. The molecule has 9 heteroatoms. The summed E-state index contributed by atoms with van der Waals surface area (Å²) in [6.07, 6.45) is 4.56. The Labute approximate surface area is 172 Å². The van der Waals surface area contributed by atoms with Gasteiger partial charge in [0.1, 0.15) is 5.82 Å². The highest BCUT2D eigenvalue weighted by atomic mass is 35.5. The zero-order valence-electron chi connectivity index (χ0n) is 15.6. The Hall–Kier alpha value is -3.65. The minimum Gasteiger partial charge on any atom is -0.355 e. The van der Waals surface area contributed by atoms with Crippen LogP contribution < -0.4 is 21.3 Å². The normalized spacial score (nSPS) is 10.1. The van der Waals surface area contributed by atoms with Crippen molar-refractivity contribution in [2.45, 2.75) is 6.92 Å². The number of urea groups is 1. The average molecular weight is 411 g/mol. The molecule has 0 atom stereocenters. The van der Waals surface area contributed by atoms with E-state index in [9.17, 15) is 9.59 Å². The molecule has 148 valence electrons. The molecule has 0 fully saturated rings. The third kappa shape index (κ3) is 5.66. The highest BCUT2D eigenvalue weighted by molar-refractivity contribution is 6.30. The lowest BCUT2D eigenvalue weighted by molar-refractivity contribution is 0.102. The van der Waals surface area contributed by atoms with E-state index in [-0.39, 0.29) is 11.9 Å². The predicted molar refractivity (Wildman–Crippen MR) is 114 cm³/mol. The van der Waals surface area contributed by atoms with E-state index in [4.69, 9.17) is 11.6 Å². The van der Waals surface area contributed by atoms with Crippen LogP contribution in [0.5, 0.6) is 0 Å². The molecule has 2 heterocycles. The van der Waals surface area contributed by atoms with Crippen molar-refractivity contribution in [3.05, 3.63) is 71.6 Å². The fraction of sp³-hybridized carbons (Fsp3) is 0.100. The van der Waals surface area contributed by atoms with Gasteiger partial charge >= 0.3 is 6.03 Å². The van der Waals surface area contributed by atoms with Gasteiger partial charge in [-0.3, -0.25) is 15.1 Å². The van der Waals surface area contributed by atoms with E-state index < -0.39 is 0 Å². The lowest BCUT2D eigenvalue weighted by Gasteiger charge is -2.14. The Morgan fingerprint density at radius 2 is 1.83 bits per heavy atom. The van der Waals surface area contributed by atoms with E-state index in [2.05, 4.69) is 31.2 Å². The molecule has 2 aromatic heterocycles. The largest absolute Gasteiger partial charge is 0.355 e. The van der Waals surface area contributed by atoms with Gasteiger partial charge < -0.3 is 16.0 Å². The molecule has 0 unspecified atom stereocenters. The van der Waals surface area contributed by atoms with Crippen molar-refractivity contribution in [2.24, 2.45) is 0 Å². The fourth-order valence-electron chi connectivity index (χ4n) is 2.45. The molecule has 3 aromatic rings. The molecule has 1 aromatic carbocycles. The number of carbonyl (C=O) groups is 2. The number of anilines is 4. The van der Waals surface area contributed by atoms with Crippen LogP contribution in [0.15, 0.2) is 61.1 Å². The van der Waals surface area contributed by atoms with Gasteiger partial charge in [0.25, 0.3) is 5.91 Å². The van der Waals surface area contributed by atoms with Crippen LogP contribution in [0.25, 0.3) is 0 Å². The smallest absolute Gasteiger partial charge is 0.320 e. The highest BCUT2D eigenvalue weighted by Gasteiger charge is 2.15. The summed E-state index contributed by atoms with van der Waals surface area (Å²) in [5.74, 6) is -0.0723. The summed E-state index contributed by atoms with van der Waals surface area (Å²) in [5.41, 5.74) is 2.04. The van der Waals surface area contributed by atoms with Gasteiger partial charge in [-0.1, -0.05) is 11.6 Å². The van der Waals surface area contributed by atoms with E-state index in [0.717, 1.165) is 5.69 Å². The predicted octanol–water partition coefficient (Wildman–Crippen LogP) is 4.27. The minimum atomic E-state index is -0.384. The van der Waals surface area contributed by atoms with Crippen LogP contribution in [-0.2, 0) is 0 Å². The Balaban J connectivity index is 1.89. The SMILES string of the molecule is CCNC(=O)Nc1cc(Nc2ccc(Cl)cc2)c(C(=O)Nc2cccnc2)cn1. The van der Waals surface area contributed by atoms with E-state index >= 15 is 0 Å². The number of nitrogens with one attached hydrogen (secondary N) is 4. The molecule has 0 aliphatic heterocycles. The van der Waals surface area contributed by atoms with Crippen molar-refractivity contribution in [1.82, 2.24) is 15.3 Å². The molecule has 0 saturated heterocycles. The van der Waals surface area contributed by atoms with Gasteiger partial charge in [-0.15, -0.1) is 0 Å². The average Bonchev–Trinajstić information content (AvgIpc) is 2.71. The van der Waals surface area contributed by atoms with Gasteiger partial charge in [-0.2, -0.15) is 0 Å². The molecule has 8 nitrogen and oxygen atoms in total. The molecule has 0 aliphatic rings. The Morgan fingerprint density at radius 1 is 1.03 bits per heavy atom. The zero-order valence-corrected chi connectivity index (χ0v) is 16.3. The summed E-state index contributed by atoms with van der Waals surface area (Å²) in [5, 5.41) is 11.8. The molecule has 29 heavy (non-hydrogen) atoms. The third-order valence-corrected chi connectivity index (χ3v) is 4.02. The van der Waals surface area contributed by atoms with Gasteiger partial charge in [0, 0.05) is 35.7 Å². The third-order valence-electron chi connectivity index (χ3n) is 3.77. The summed E-state index contributed by atoms with van der Waals surface area (Å²) >= 11 is 5.94. The molecule has 3 rings (SSSR count). The van der Waals surface area contributed by atoms with Crippen LogP contribution in [0.3, 0.4) is 0 Å². The number of carbonyl (C=O) groups excluding carboxylic acids is 2. The summed E-state index contributed by atoms with van der Waals surface area (Å²) in [6, 6.07) is 11.7. The number of hydrogen-bond donors (Lipinski definition) is 4. The second kappa shape index (κ2) is 9.52. The molecule has 0 bridgehead atoms. The van der Waals surface area contributed by atoms with Crippen LogP contribution in [0.2, 0.25) is 5.02 Å². The van der Waals surface area contributed by atoms with E-state index in [1.807, 2.05) is 6.92 Å². The number of nitrogens with zero attached hydrogens (tertiary/aromatic N) is 2. The van der Waals surface area contributed by atoms with Gasteiger partial charge in [0.15, 0.2) is 0 Å². The molecular formula is C20H19ClN6O2. The first-order chi connectivity index (χ1) is 14.0. The van der Waals surface area contributed by atoms with Crippen molar-refractivity contribution in [3.8, 4) is 0 Å². The molecule has 4 N–H and O–H groups in total. The van der Waals surface area contributed by atoms with Crippen LogP contribution in [0, 0.1) is 0 Å². The van der Waals surface area contributed by atoms with Gasteiger partial charge in [0.2, 0.25) is 0 Å². The number of pyridine rings is 2. The number of hydrogen-bond acceptors (Lipinski definition) is 5. The lowest BCUT2D eigenvalue weighted by Crippen LogP contribution is -2.28. The van der Waals surface area contributed by atoms with Gasteiger partial charge in [-0.25, -0.2) is 9.78 Å². The number of halogens is 1. The molecule has 0 saturated carbocycles. The van der Waals surface area contributed by atoms with Crippen LogP contribution in [0.1, 0.15) is 17.3 Å². The molecule has 3 amide bonds. The quantitative estimate of drug-likeness (QED) is 0.485. The van der Waals surface area contributed by atoms with Crippen molar-refractivity contribution in [2.75, 3.05) is 22.5 Å². The minimum absolute atomic E-state index is 0.297. The standard InChI is InChI=1S/C20H19ClN6O2/c1-2-23-20(29)27-18-10-17(25-14-7-5-13(21)6-8-14)16(12-24-18)19(28)26-15-4-3-9-22-11-15/h3-12H,2H2,1H3,(H,26,28)(H3,23,24,25,27,29). The monoisotopic (exact) mass is 410 g/mol. The second-order valence-corrected chi connectivity index (χ2v) is 6.36. The van der Waals surface area contributed by atoms with Crippen molar-refractivity contribution in [3.63, 3.8) is 0 Å². The summed E-state index contributed by atoms with van der Waals surface area (Å²) < 4.78 is 0. The lowest BCUT2D eigenvalue weighted by atomic mass is 10.2. The van der Waals surface area contributed by atoms with Crippen LogP contribution in [-0.4, -0.2) is 28.5 Å². The fourth-order valence-corrected chi connectivity index (χ4v) is 2.58. The summed E-state index contributed by atoms with van der Waals surface area (Å²) in [4.78, 5) is 32.7. The number of aromatic nitrogens is 2. The summed E-state index contributed by atoms with van der Waals surface area (Å²) in [6.45, 7) is 2.29. The van der Waals surface area contributed by atoms with E-state index in [1.54, 1.807) is 54.9 Å². The van der Waals surface area contributed by atoms with Crippen LogP contribution in [0.4, 0.5) is 27.7 Å².